The lowest BCUT2D eigenvalue weighted by molar-refractivity contribution is 1.04. The molecule has 0 unspecified atom stereocenters. The minimum Gasteiger partial charge on any atom is -0.292 e. The average molecular weight is 931 g/mol. The predicted molar refractivity (Wildman–Crippen MR) is 299 cm³/mol. The van der Waals surface area contributed by atoms with E-state index in [1.807, 2.05) is 24.3 Å². The van der Waals surface area contributed by atoms with Gasteiger partial charge < -0.3 is 0 Å². The normalized spacial score (nSPS) is 11.6. The van der Waals surface area contributed by atoms with Crippen molar-refractivity contribution in [1.29, 1.82) is 0 Å². The standard InChI is InChI=1S/C66H54N6/c1-5-43-39-59-61(41-45(43)7-3)71(55-17-11-9-12-18-55)65(69-59)53-35-27-49(28-36-53)47-23-31-51(32-24-47)63-64(68-58-22-16-15-21-57(58)67-63)52-33-25-48(26-34-52)50-29-37-54(38-30-50)66-70-60-40-44(6-2)46(8-4)42-62(60)72(66)56-19-13-10-14-20-56/h9-42H,5-8H2,1-4H3. The van der Waals surface area contributed by atoms with Gasteiger partial charge >= 0.3 is 0 Å². The summed E-state index contributed by atoms with van der Waals surface area (Å²) >= 11 is 0. The van der Waals surface area contributed by atoms with Crippen LogP contribution < -0.4 is 0 Å². The molecule has 0 amide bonds. The highest BCUT2D eigenvalue weighted by Crippen LogP contribution is 2.37. The van der Waals surface area contributed by atoms with E-state index in [4.69, 9.17) is 19.9 Å². The molecule has 0 fully saturated rings. The van der Waals surface area contributed by atoms with E-state index in [1.54, 1.807) is 0 Å². The van der Waals surface area contributed by atoms with Crippen molar-refractivity contribution in [3.05, 3.63) is 229 Å². The van der Waals surface area contributed by atoms with Crippen LogP contribution in [-0.4, -0.2) is 29.1 Å². The van der Waals surface area contributed by atoms with Crippen LogP contribution in [0.5, 0.6) is 0 Å². The van der Waals surface area contributed by atoms with E-state index in [2.05, 4.69) is 219 Å². The van der Waals surface area contributed by atoms with Gasteiger partial charge in [-0.25, -0.2) is 19.9 Å². The highest BCUT2D eigenvalue weighted by Gasteiger charge is 2.20. The van der Waals surface area contributed by atoms with Crippen molar-refractivity contribution in [2.75, 3.05) is 0 Å². The molecule has 3 heterocycles. The van der Waals surface area contributed by atoms with Crippen molar-refractivity contribution in [2.45, 2.75) is 53.4 Å². The number of fused-ring (bicyclic) bond motifs is 3. The zero-order valence-corrected chi connectivity index (χ0v) is 41.1. The zero-order chi connectivity index (χ0) is 48.7. The predicted octanol–water partition coefficient (Wildman–Crippen LogP) is 16.6. The Morgan fingerprint density at radius 1 is 0.278 bits per heavy atom. The van der Waals surface area contributed by atoms with Crippen LogP contribution in [-0.2, 0) is 25.7 Å². The maximum Gasteiger partial charge on any atom is 0.145 e. The molecule has 0 spiro atoms. The van der Waals surface area contributed by atoms with E-state index in [0.29, 0.717) is 0 Å². The van der Waals surface area contributed by atoms with Crippen LogP contribution in [0.3, 0.4) is 0 Å². The topological polar surface area (TPSA) is 61.4 Å². The van der Waals surface area contributed by atoms with Crippen LogP contribution >= 0.6 is 0 Å². The lowest BCUT2D eigenvalue weighted by atomic mass is 9.97. The Morgan fingerprint density at radius 3 is 0.903 bits per heavy atom. The maximum atomic E-state index is 5.25. The van der Waals surface area contributed by atoms with Gasteiger partial charge in [-0.2, -0.15) is 0 Å². The van der Waals surface area contributed by atoms with Gasteiger partial charge in [0, 0.05) is 33.6 Å². The van der Waals surface area contributed by atoms with Gasteiger partial charge in [-0.05, 0) is 131 Å². The molecule has 0 aliphatic rings. The first-order chi connectivity index (χ1) is 35.5. The largest absolute Gasteiger partial charge is 0.292 e. The number of hydrogen-bond acceptors (Lipinski definition) is 4. The van der Waals surface area contributed by atoms with Gasteiger partial charge in [0.2, 0.25) is 0 Å². The summed E-state index contributed by atoms with van der Waals surface area (Å²) in [7, 11) is 0. The summed E-state index contributed by atoms with van der Waals surface area (Å²) in [4.78, 5) is 21.0. The Kier molecular flexibility index (Phi) is 11.7. The van der Waals surface area contributed by atoms with Crippen LogP contribution in [0.2, 0.25) is 0 Å². The van der Waals surface area contributed by atoms with Crippen molar-refractivity contribution >= 4 is 33.1 Å². The third-order valence-electron chi connectivity index (χ3n) is 14.3. The third-order valence-corrected chi connectivity index (χ3v) is 14.3. The molecule has 0 bridgehead atoms. The fourth-order valence-corrected chi connectivity index (χ4v) is 10.5. The van der Waals surface area contributed by atoms with Crippen molar-refractivity contribution in [1.82, 2.24) is 29.1 Å². The number of benzene rings is 9. The van der Waals surface area contributed by atoms with Gasteiger partial charge in [-0.1, -0.05) is 173 Å². The molecule has 0 saturated carbocycles. The number of rotatable bonds is 12. The molecule has 12 aromatic rings. The van der Waals surface area contributed by atoms with E-state index >= 15 is 0 Å². The Labute approximate surface area is 421 Å². The monoisotopic (exact) mass is 930 g/mol. The summed E-state index contributed by atoms with van der Waals surface area (Å²) in [6.07, 6.45) is 3.95. The molecule has 72 heavy (non-hydrogen) atoms. The molecule has 12 rings (SSSR count). The maximum absolute atomic E-state index is 5.25. The van der Waals surface area contributed by atoms with E-state index in [0.717, 1.165) is 138 Å². The quantitative estimate of drug-likeness (QED) is 0.122. The minimum atomic E-state index is 0.850. The van der Waals surface area contributed by atoms with Crippen molar-refractivity contribution < 1.29 is 0 Å². The van der Waals surface area contributed by atoms with Crippen LogP contribution in [0.4, 0.5) is 0 Å². The second kappa shape index (κ2) is 18.9. The van der Waals surface area contributed by atoms with Gasteiger partial charge in [0.05, 0.1) is 44.5 Å². The molecule has 3 aromatic heterocycles. The molecule has 9 aromatic carbocycles. The third kappa shape index (κ3) is 8.05. The fourth-order valence-electron chi connectivity index (χ4n) is 10.5. The summed E-state index contributed by atoms with van der Waals surface area (Å²) in [6.45, 7) is 8.92. The number of para-hydroxylation sites is 4. The highest BCUT2D eigenvalue weighted by molar-refractivity contribution is 5.89. The van der Waals surface area contributed by atoms with Crippen LogP contribution in [0.15, 0.2) is 206 Å². The van der Waals surface area contributed by atoms with Crippen LogP contribution in [0, 0.1) is 0 Å². The first-order valence-corrected chi connectivity index (χ1v) is 25.4. The van der Waals surface area contributed by atoms with E-state index < -0.39 is 0 Å². The van der Waals surface area contributed by atoms with Crippen molar-refractivity contribution in [3.8, 4) is 78.9 Å². The van der Waals surface area contributed by atoms with E-state index in [9.17, 15) is 0 Å². The Hall–Kier alpha value is -8.74. The molecule has 348 valence electrons. The van der Waals surface area contributed by atoms with Crippen molar-refractivity contribution in [3.63, 3.8) is 0 Å². The SMILES string of the molecule is CCc1cc2nc(-c3ccc(-c4ccc(-c5nc6ccccc6nc5-c5ccc(-c6ccc(-c7nc8cc(CC)c(CC)cc8n7-c7ccccc7)cc6)cc5)cc4)cc3)n(-c3ccccc3)c2cc1CC. The lowest BCUT2D eigenvalue weighted by Gasteiger charge is -2.13. The zero-order valence-electron chi connectivity index (χ0n) is 41.1. The van der Waals surface area contributed by atoms with Gasteiger partial charge in [-0.3, -0.25) is 9.13 Å². The van der Waals surface area contributed by atoms with Crippen LogP contribution in [0.1, 0.15) is 49.9 Å². The molecule has 0 atom stereocenters. The second-order valence-corrected chi connectivity index (χ2v) is 18.6. The Bertz CT molecular complexity index is 3650. The number of nitrogens with zero attached hydrogens (tertiary/aromatic N) is 6. The molecule has 0 N–H and O–H groups in total. The van der Waals surface area contributed by atoms with Gasteiger partial charge in [-0.15, -0.1) is 0 Å². The smallest absolute Gasteiger partial charge is 0.145 e. The van der Waals surface area contributed by atoms with E-state index in [-0.39, 0.29) is 0 Å². The van der Waals surface area contributed by atoms with Gasteiger partial charge in [0.25, 0.3) is 0 Å². The van der Waals surface area contributed by atoms with E-state index in [1.165, 1.54) is 22.3 Å². The summed E-state index contributed by atoms with van der Waals surface area (Å²) in [5, 5.41) is 0. The summed E-state index contributed by atoms with van der Waals surface area (Å²) in [5.74, 6) is 1.88. The molecule has 6 nitrogen and oxygen atoms in total. The lowest BCUT2D eigenvalue weighted by Crippen LogP contribution is -1.98. The molecule has 0 aliphatic carbocycles. The number of imidazole rings is 2. The minimum absolute atomic E-state index is 0.850. The number of hydrogen-bond donors (Lipinski definition) is 0. The summed E-state index contributed by atoms with van der Waals surface area (Å²) in [6, 6.07) is 73.5. The summed E-state index contributed by atoms with van der Waals surface area (Å²) in [5.41, 5.74) is 24.1. The first-order valence-electron chi connectivity index (χ1n) is 25.4. The fraction of sp³-hybridized carbons (Fsp3) is 0.121. The number of aromatic nitrogens is 6. The number of aryl methyl sites for hydroxylation is 4. The highest BCUT2D eigenvalue weighted by atomic mass is 15.1. The molecule has 0 aliphatic heterocycles. The van der Waals surface area contributed by atoms with Crippen molar-refractivity contribution in [2.24, 2.45) is 0 Å². The molecule has 0 radical (unpaired) electrons. The second-order valence-electron chi connectivity index (χ2n) is 18.6. The van der Waals surface area contributed by atoms with Crippen LogP contribution in [0.25, 0.3) is 112 Å². The van der Waals surface area contributed by atoms with Gasteiger partial charge in [0.15, 0.2) is 0 Å². The molecule has 6 heteroatoms. The summed E-state index contributed by atoms with van der Waals surface area (Å²) < 4.78 is 4.61. The molecular formula is C66H54N6. The average Bonchev–Trinajstić information content (AvgIpc) is 4.03. The van der Waals surface area contributed by atoms with Gasteiger partial charge in [0.1, 0.15) is 11.6 Å². The Balaban J connectivity index is 0.841. The Morgan fingerprint density at radius 2 is 0.569 bits per heavy atom. The molecule has 0 saturated heterocycles. The first kappa shape index (κ1) is 44.5. The molecular weight excluding hydrogens is 877 g/mol.